The molecule has 0 bridgehead atoms. The SMILES string of the molecule is CCOC(=O)C1=C(COCCN)NC(C)=C(C(=O)OC)[C@@H]1c1ccccc1Cl.O=C(O)C=CC(=O)O.O=C(O)c1cncc(C(=O)O)c1. The number of ether oxygens (including phenoxy) is 3. The Morgan fingerprint density at radius 2 is 1.50 bits per heavy atom. The molecule has 16 nitrogen and oxygen atoms in total. The number of hydrogen-bond acceptors (Lipinski definition) is 12. The number of carbonyl (C=O) groups excluding carboxylic acids is 2. The van der Waals surface area contributed by atoms with Crippen LogP contribution in [0.15, 0.2) is 77.4 Å². The normalized spacial score (nSPS) is 13.6. The van der Waals surface area contributed by atoms with E-state index in [1.165, 1.54) is 7.11 Å². The predicted octanol–water partition coefficient (Wildman–Crippen LogP) is 2.46. The number of aliphatic carboxylic acids is 2. The number of esters is 2. The topological polar surface area (TPSA) is 262 Å². The molecule has 7 N–H and O–H groups in total. The molecule has 48 heavy (non-hydrogen) atoms. The Hall–Kier alpha value is -5.58. The van der Waals surface area contributed by atoms with Gasteiger partial charge in [-0.25, -0.2) is 28.8 Å². The Bertz CT molecular complexity index is 1560. The molecule has 1 aliphatic heterocycles. The maximum atomic E-state index is 12.9. The molecule has 1 aromatic carbocycles. The Morgan fingerprint density at radius 3 is 1.96 bits per heavy atom. The number of benzene rings is 1. The molecule has 0 saturated heterocycles. The zero-order valence-corrected chi connectivity index (χ0v) is 26.7. The molecule has 0 saturated carbocycles. The number of carboxylic acid groups (broad SMARTS) is 4. The molecule has 0 unspecified atom stereocenters. The van der Waals surface area contributed by atoms with Crippen molar-refractivity contribution < 1.29 is 63.4 Å². The lowest BCUT2D eigenvalue weighted by molar-refractivity contribution is -0.139. The lowest BCUT2D eigenvalue weighted by atomic mass is 9.80. The molecular weight excluding hydrogens is 658 g/mol. The van der Waals surface area contributed by atoms with Crippen molar-refractivity contribution in [2.24, 2.45) is 5.73 Å². The summed E-state index contributed by atoms with van der Waals surface area (Å²) in [5.41, 5.74) is 7.44. The van der Waals surface area contributed by atoms with E-state index in [2.05, 4.69) is 10.3 Å². The number of hydrogen-bond donors (Lipinski definition) is 6. The number of dihydropyridines is 1. The first kappa shape index (κ1) is 40.4. The van der Waals surface area contributed by atoms with Crippen molar-refractivity contribution >= 4 is 47.4 Å². The maximum absolute atomic E-state index is 12.9. The number of nitrogens with zero attached hydrogens (tertiary/aromatic N) is 1. The summed E-state index contributed by atoms with van der Waals surface area (Å²) in [6, 6.07) is 8.10. The van der Waals surface area contributed by atoms with Gasteiger partial charge in [0.05, 0.1) is 60.8 Å². The summed E-state index contributed by atoms with van der Waals surface area (Å²) >= 11 is 6.42. The first-order valence-corrected chi connectivity index (χ1v) is 14.1. The van der Waals surface area contributed by atoms with Gasteiger partial charge in [-0.3, -0.25) is 4.98 Å². The highest BCUT2D eigenvalue weighted by Crippen LogP contribution is 2.41. The highest BCUT2D eigenvalue weighted by Gasteiger charge is 2.39. The molecule has 258 valence electrons. The number of halogens is 1. The summed E-state index contributed by atoms with van der Waals surface area (Å²) in [4.78, 5) is 68.7. The Kier molecular flexibility index (Phi) is 17.3. The summed E-state index contributed by atoms with van der Waals surface area (Å²) in [6.45, 7) is 4.42. The van der Waals surface area contributed by atoms with Crippen molar-refractivity contribution in [1.82, 2.24) is 10.3 Å². The van der Waals surface area contributed by atoms with Crippen molar-refractivity contribution in [2.45, 2.75) is 19.8 Å². The van der Waals surface area contributed by atoms with Gasteiger partial charge in [-0.1, -0.05) is 29.8 Å². The van der Waals surface area contributed by atoms with Gasteiger partial charge < -0.3 is 45.7 Å². The van der Waals surface area contributed by atoms with E-state index in [1.807, 2.05) is 0 Å². The quantitative estimate of drug-likeness (QED) is 0.106. The van der Waals surface area contributed by atoms with E-state index >= 15 is 0 Å². The summed E-state index contributed by atoms with van der Waals surface area (Å²) < 4.78 is 15.8. The van der Waals surface area contributed by atoms with E-state index in [9.17, 15) is 28.8 Å². The third kappa shape index (κ3) is 12.7. The zero-order chi connectivity index (χ0) is 36.4. The molecule has 17 heteroatoms. The largest absolute Gasteiger partial charge is 0.478 e. The molecule has 0 fully saturated rings. The van der Waals surface area contributed by atoms with Gasteiger partial charge in [0.2, 0.25) is 0 Å². The average molecular weight is 692 g/mol. The van der Waals surface area contributed by atoms with Crippen molar-refractivity contribution in [3.8, 4) is 0 Å². The van der Waals surface area contributed by atoms with E-state index < -0.39 is 41.7 Å². The molecule has 2 aromatic rings. The second-order valence-electron chi connectivity index (χ2n) is 9.15. The third-order valence-corrected chi connectivity index (χ3v) is 6.22. The highest BCUT2D eigenvalue weighted by molar-refractivity contribution is 6.31. The van der Waals surface area contributed by atoms with Crippen LogP contribution < -0.4 is 11.1 Å². The lowest BCUT2D eigenvalue weighted by Gasteiger charge is -2.31. The number of methoxy groups -OCH3 is 1. The van der Waals surface area contributed by atoms with Crippen LogP contribution in [-0.2, 0) is 33.4 Å². The molecule has 0 amide bonds. The molecular formula is C31H34ClN3O13. The van der Waals surface area contributed by atoms with Gasteiger partial charge in [0.15, 0.2) is 0 Å². The van der Waals surface area contributed by atoms with Crippen LogP contribution in [0.3, 0.4) is 0 Å². The van der Waals surface area contributed by atoms with Gasteiger partial charge in [-0.2, -0.15) is 0 Å². The second-order valence-corrected chi connectivity index (χ2v) is 9.55. The van der Waals surface area contributed by atoms with E-state index in [1.54, 1.807) is 38.1 Å². The Balaban J connectivity index is 0.000000470. The van der Waals surface area contributed by atoms with Crippen LogP contribution in [0.4, 0.5) is 0 Å². The van der Waals surface area contributed by atoms with Crippen LogP contribution in [0.5, 0.6) is 0 Å². The van der Waals surface area contributed by atoms with Crippen LogP contribution >= 0.6 is 11.6 Å². The predicted molar refractivity (Wildman–Crippen MR) is 168 cm³/mol. The van der Waals surface area contributed by atoms with Crippen molar-refractivity contribution in [2.75, 3.05) is 33.5 Å². The molecule has 1 aliphatic rings. The summed E-state index contributed by atoms with van der Waals surface area (Å²) in [6.07, 6.45) is 3.30. The van der Waals surface area contributed by atoms with Gasteiger partial charge in [-0.05, 0) is 31.5 Å². The monoisotopic (exact) mass is 691 g/mol. The Morgan fingerprint density at radius 1 is 0.938 bits per heavy atom. The number of allylic oxidation sites excluding steroid dienone is 1. The summed E-state index contributed by atoms with van der Waals surface area (Å²) in [7, 11) is 1.29. The standard InChI is InChI=1S/C20H25ClN2O5.C7H5NO4.C4H4O4/c1-4-28-20(25)18-15(11-27-10-9-22)23-12(2)16(19(24)26-3)17(18)13-7-5-6-8-14(13)21;9-6(10)4-1-5(7(11)12)3-8-2-4;5-3(6)1-2-4(7)8/h5-8,17,23H,4,9-11,22H2,1-3H3;1-3H,(H,9,10)(H,11,12);1-2H,(H,5,6)(H,7,8)/t17-;;/m0../s1. The van der Waals surface area contributed by atoms with Gasteiger partial charge in [0.25, 0.3) is 0 Å². The van der Waals surface area contributed by atoms with E-state index in [0.717, 1.165) is 18.5 Å². The van der Waals surface area contributed by atoms with Crippen LogP contribution in [0, 0.1) is 0 Å². The maximum Gasteiger partial charge on any atom is 0.337 e. The molecule has 0 spiro atoms. The number of aromatic nitrogens is 1. The van der Waals surface area contributed by atoms with Crippen LogP contribution in [-0.4, -0.2) is 94.7 Å². The van der Waals surface area contributed by atoms with Crippen LogP contribution in [0.2, 0.25) is 5.02 Å². The fourth-order valence-electron chi connectivity index (χ4n) is 3.93. The number of carboxylic acids is 4. The third-order valence-electron chi connectivity index (χ3n) is 5.87. The number of aromatic carboxylic acids is 2. The number of nitrogens with one attached hydrogen (secondary N) is 1. The molecule has 0 aliphatic carbocycles. The number of pyridine rings is 1. The minimum Gasteiger partial charge on any atom is -0.478 e. The fraction of sp³-hybridized carbons (Fsp3) is 0.258. The molecule has 2 heterocycles. The summed E-state index contributed by atoms with van der Waals surface area (Å²) in [5, 5.41) is 36.1. The van der Waals surface area contributed by atoms with Crippen LogP contribution in [0.25, 0.3) is 0 Å². The van der Waals surface area contributed by atoms with Crippen LogP contribution in [0.1, 0.15) is 46.0 Å². The van der Waals surface area contributed by atoms with Gasteiger partial charge in [-0.15, -0.1) is 0 Å². The molecule has 3 rings (SSSR count). The lowest BCUT2D eigenvalue weighted by Crippen LogP contribution is -2.35. The fourth-order valence-corrected chi connectivity index (χ4v) is 4.18. The number of rotatable bonds is 12. The van der Waals surface area contributed by atoms with E-state index in [0.29, 0.717) is 52.9 Å². The molecule has 1 aromatic heterocycles. The minimum atomic E-state index is -1.26. The van der Waals surface area contributed by atoms with Gasteiger partial charge in [0.1, 0.15) is 0 Å². The van der Waals surface area contributed by atoms with Crippen molar-refractivity contribution in [3.05, 3.63) is 99.1 Å². The minimum absolute atomic E-state index is 0.109. The van der Waals surface area contributed by atoms with E-state index in [-0.39, 0.29) is 29.9 Å². The molecule has 1 atom stereocenters. The zero-order valence-electron chi connectivity index (χ0n) is 26.0. The first-order valence-electron chi connectivity index (χ1n) is 13.7. The first-order chi connectivity index (χ1) is 22.7. The number of carbonyl (C=O) groups is 6. The van der Waals surface area contributed by atoms with Gasteiger partial charge >= 0.3 is 35.8 Å². The second kappa shape index (κ2) is 20.5. The van der Waals surface area contributed by atoms with Crippen molar-refractivity contribution in [3.63, 3.8) is 0 Å². The van der Waals surface area contributed by atoms with Crippen molar-refractivity contribution in [1.29, 1.82) is 0 Å². The molecule has 0 radical (unpaired) electrons. The van der Waals surface area contributed by atoms with E-state index in [4.69, 9.17) is 52.0 Å². The number of nitrogens with two attached hydrogens (primary N) is 1. The average Bonchev–Trinajstić information content (AvgIpc) is 3.04. The highest BCUT2D eigenvalue weighted by atomic mass is 35.5. The summed E-state index contributed by atoms with van der Waals surface area (Å²) in [5.74, 6) is -6.76. The smallest absolute Gasteiger partial charge is 0.337 e. The van der Waals surface area contributed by atoms with Gasteiger partial charge in [0, 0.05) is 41.8 Å². The Labute approximate surface area is 279 Å².